The molecule has 0 saturated heterocycles. The van der Waals surface area contributed by atoms with Crippen molar-refractivity contribution in [2.45, 2.75) is 57.4 Å². The van der Waals surface area contributed by atoms with Crippen LogP contribution in [0.1, 0.15) is 52.2 Å². The fourth-order valence-corrected chi connectivity index (χ4v) is 2.25. The Kier molecular flexibility index (Phi) is 5.60. The van der Waals surface area contributed by atoms with Crippen LogP contribution >= 0.6 is 0 Å². The van der Waals surface area contributed by atoms with E-state index in [1.54, 1.807) is 6.21 Å². The third-order valence-corrected chi connectivity index (χ3v) is 4.68. The van der Waals surface area contributed by atoms with E-state index in [9.17, 15) is 17.4 Å². The highest BCUT2D eigenvalue weighted by Gasteiger charge is 2.31. The third-order valence-electron chi connectivity index (χ3n) is 3.29. The number of hydrogen-bond acceptors (Lipinski definition) is 1. The molecule has 6 heteroatoms. The number of halogens is 3. The van der Waals surface area contributed by atoms with Crippen LogP contribution in [0.4, 0.5) is 13.2 Å². The van der Waals surface area contributed by atoms with E-state index < -0.39 is 27.5 Å². The monoisotopic (exact) mass is 333 g/mol. The second-order valence-electron chi connectivity index (χ2n) is 6.81. The van der Waals surface area contributed by atoms with Gasteiger partial charge in [0.25, 0.3) is 0 Å². The summed E-state index contributed by atoms with van der Waals surface area (Å²) >= 11 is 0. The molecule has 0 fully saturated rings. The van der Waals surface area contributed by atoms with Gasteiger partial charge in [-0.25, -0.2) is 4.21 Å². The van der Waals surface area contributed by atoms with Crippen molar-refractivity contribution in [1.29, 1.82) is 0 Å². The summed E-state index contributed by atoms with van der Waals surface area (Å²) in [6.45, 7) is 9.34. The summed E-state index contributed by atoms with van der Waals surface area (Å²) in [5.74, 6) is 0. The van der Waals surface area contributed by atoms with E-state index in [0.29, 0.717) is 6.42 Å². The van der Waals surface area contributed by atoms with Gasteiger partial charge in [-0.1, -0.05) is 26.0 Å². The highest BCUT2D eigenvalue weighted by molar-refractivity contribution is 7.85. The van der Waals surface area contributed by atoms with Crippen LogP contribution in [-0.4, -0.2) is 15.2 Å². The average Bonchev–Trinajstić information content (AvgIpc) is 2.36. The molecule has 1 rings (SSSR count). The highest BCUT2D eigenvalue weighted by atomic mass is 32.2. The van der Waals surface area contributed by atoms with Gasteiger partial charge in [0.15, 0.2) is 0 Å². The Labute approximate surface area is 132 Å². The molecule has 0 spiro atoms. The topological polar surface area (TPSA) is 29.4 Å². The zero-order valence-corrected chi connectivity index (χ0v) is 14.3. The summed E-state index contributed by atoms with van der Waals surface area (Å²) in [5.41, 5.74) is -0.251. The number of alkyl halides is 3. The second kappa shape index (κ2) is 6.52. The molecule has 1 atom stereocenters. The van der Waals surface area contributed by atoms with Crippen molar-refractivity contribution in [3.8, 4) is 0 Å². The van der Waals surface area contributed by atoms with Crippen LogP contribution in [0.15, 0.2) is 28.7 Å². The average molecular weight is 333 g/mol. The Hall–Kier alpha value is -1.17. The van der Waals surface area contributed by atoms with Gasteiger partial charge in [-0.2, -0.15) is 17.6 Å². The van der Waals surface area contributed by atoms with Crippen LogP contribution in [-0.2, 0) is 22.6 Å². The first-order chi connectivity index (χ1) is 9.84. The number of rotatable bonds is 4. The fraction of sp³-hybridized carbons (Fsp3) is 0.562. The molecule has 0 N–H and O–H groups in total. The maximum atomic E-state index is 12.6. The Morgan fingerprint density at radius 3 is 1.86 bits per heavy atom. The predicted molar refractivity (Wildman–Crippen MR) is 85.5 cm³/mol. The molecule has 124 valence electrons. The molecule has 0 radical (unpaired) electrons. The predicted octanol–water partition coefficient (Wildman–Crippen LogP) is 4.91. The van der Waals surface area contributed by atoms with Gasteiger partial charge >= 0.3 is 6.18 Å². The molecule has 0 bridgehead atoms. The molecule has 0 unspecified atom stereocenters. The van der Waals surface area contributed by atoms with Gasteiger partial charge < -0.3 is 0 Å². The minimum absolute atomic E-state index is 0.379. The molecule has 2 nitrogen and oxygen atoms in total. The van der Waals surface area contributed by atoms with Crippen molar-refractivity contribution in [2.24, 2.45) is 4.40 Å². The summed E-state index contributed by atoms with van der Waals surface area (Å²) in [7, 11) is -1.32. The smallest absolute Gasteiger partial charge is 0.234 e. The Morgan fingerprint density at radius 1 is 1.00 bits per heavy atom. The minimum Gasteiger partial charge on any atom is -0.234 e. The maximum absolute atomic E-state index is 12.6. The lowest BCUT2D eigenvalue weighted by Gasteiger charge is -2.24. The largest absolute Gasteiger partial charge is 0.416 e. The van der Waals surface area contributed by atoms with Crippen LogP contribution in [0, 0.1) is 0 Å². The van der Waals surface area contributed by atoms with Crippen molar-refractivity contribution in [3.63, 3.8) is 0 Å². The summed E-state index contributed by atoms with van der Waals surface area (Å²) in [4.78, 5) is 0. The fourth-order valence-electron chi connectivity index (χ4n) is 1.72. The van der Waals surface area contributed by atoms with E-state index in [-0.39, 0.29) is 5.41 Å². The first-order valence-corrected chi connectivity index (χ1v) is 8.07. The quantitative estimate of drug-likeness (QED) is 0.720. The van der Waals surface area contributed by atoms with Crippen molar-refractivity contribution >= 4 is 17.2 Å². The summed E-state index contributed by atoms with van der Waals surface area (Å²) in [6, 6.07) is 5.14. The first kappa shape index (κ1) is 18.9. The van der Waals surface area contributed by atoms with Gasteiger partial charge in [0.05, 0.1) is 10.3 Å². The van der Waals surface area contributed by atoms with E-state index in [0.717, 1.165) is 17.7 Å². The van der Waals surface area contributed by atoms with E-state index in [1.807, 2.05) is 34.6 Å². The SMILES string of the molecule is CC(C)(CC=N[S@](=O)C(C)(C)C)c1ccc(C(F)(F)F)cc1. The second-order valence-corrected chi connectivity index (χ2v) is 8.75. The zero-order valence-electron chi connectivity index (χ0n) is 13.5. The molecule has 0 aliphatic heterocycles. The lowest BCUT2D eigenvalue weighted by molar-refractivity contribution is -0.137. The van der Waals surface area contributed by atoms with Crippen LogP contribution < -0.4 is 0 Å². The molecule has 1 aromatic carbocycles. The molecule has 0 aliphatic rings. The standard InChI is InChI=1S/C16H22F3NOS/c1-14(2,3)22(21)20-11-10-15(4,5)12-6-8-13(9-7-12)16(17,18)19/h6-9,11H,10H2,1-5H3/t22-/m1/s1. The van der Waals surface area contributed by atoms with Gasteiger partial charge in [0.1, 0.15) is 11.0 Å². The summed E-state index contributed by atoms with van der Waals surface area (Å²) in [6.07, 6.45) is -2.23. The van der Waals surface area contributed by atoms with E-state index in [1.165, 1.54) is 12.1 Å². The van der Waals surface area contributed by atoms with Crippen molar-refractivity contribution in [3.05, 3.63) is 35.4 Å². The Morgan fingerprint density at radius 2 is 1.45 bits per heavy atom. The van der Waals surface area contributed by atoms with Crippen LogP contribution in [0.25, 0.3) is 0 Å². The van der Waals surface area contributed by atoms with Gasteiger partial charge in [0.2, 0.25) is 0 Å². The van der Waals surface area contributed by atoms with Crippen LogP contribution in [0.3, 0.4) is 0 Å². The number of hydrogen-bond donors (Lipinski definition) is 0. The maximum Gasteiger partial charge on any atom is 0.416 e. The van der Waals surface area contributed by atoms with E-state index in [2.05, 4.69) is 4.40 Å². The third kappa shape index (κ3) is 5.23. The molecular formula is C16H22F3NOS. The Balaban J connectivity index is 2.83. The molecular weight excluding hydrogens is 311 g/mol. The number of nitrogens with zero attached hydrogens (tertiary/aromatic N) is 1. The van der Waals surface area contributed by atoms with Crippen LogP contribution in [0.5, 0.6) is 0 Å². The molecule has 1 aromatic rings. The highest BCUT2D eigenvalue weighted by Crippen LogP contribution is 2.32. The molecule has 0 aliphatic carbocycles. The van der Waals surface area contributed by atoms with E-state index >= 15 is 0 Å². The normalized spacial score (nSPS) is 15.3. The molecule has 0 amide bonds. The molecule has 22 heavy (non-hydrogen) atoms. The molecule has 0 saturated carbocycles. The minimum atomic E-state index is -4.33. The van der Waals surface area contributed by atoms with Gasteiger partial charge in [0, 0.05) is 6.21 Å². The van der Waals surface area contributed by atoms with Gasteiger partial charge in [-0.3, -0.25) is 0 Å². The van der Waals surface area contributed by atoms with E-state index in [4.69, 9.17) is 0 Å². The lowest BCUT2D eigenvalue weighted by Crippen LogP contribution is -2.21. The van der Waals surface area contributed by atoms with Gasteiger partial charge in [-0.15, -0.1) is 0 Å². The molecule has 0 aromatic heterocycles. The van der Waals surface area contributed by atoms with Crippen molar-refractivity contribution < 1.29 is 17.4 Å². The zero-order chi connectivity index (χ0) is 17.2. The van der Waals surface area contributed by atoms with Gasteiger partial charge in [-0.05, 0) is 50.3 Å². The summed E-state index contributed by atoms with van der Waals surface area (Å²) < 4.78 is 53.1. The first-order valence-electron chi connectivity index (χ1n) is 6.96. The van der Waals surface area contributed by atoms with Crippen molar-refractivity contribution in [1.82, 2.24) is 0 Å². The summed E-state index contributed by atoms with van der Waals surface area (Å²) in [5, 5.41) is 0. The lowest BCUT2D eigenvalue weighted by atomic mass is 9.82. The molecule has 0 heterocycles. The van der Waals surface area contributed by atoms with Crippen LogP contribution in [0.2, 0.25) is 0 Å². The number of benzene rings is 1. The Bertz CT molecular complexity index is 554. The van der Waals surface area contributed by atoms with Crippen molar-refractivity contribution in [2.75, 3.05) is 0 Å².